The van der Waals surface area contributed by atoms with Gasteiger partial charge in [-0.05, 0) is 0 Å². The molecule has 0 radical (unpaired) electrons. The van der Waals surface area contributed by atoms with E-state index in [2.05, 4.69) is 11.9 Å². The molecule has 0 fully saturated rings. The van der Waals surface area contributed by atoms with Crippen LogP contribution in [0, 0.1) is 10.8 Å². The third-order valence-electron chi connectivity index (χ3n) is 0.926. The number of hydrogen-bond donors (Lipinski definition) is 5. The average molecular weight is 153 g/mol. The van der Waals surface area contributed by atoms with Crippen LogP contribution in [0.15, 0.2) is 24.2 Å². The number of hydrogen-bond acceptors (Lipinski definition) is 4. The average Bonchev–Trinajstić information content (AvgIpc) is 1.99. The summed E-state index contributed by atoms with van der Waals surface area (Å²) in [4.78, 5) is 0. The van der Waals surface area contributed by atoms with Crippen LogP contribution in [0.5, 0.6) is 0 Å². The van der Waals surface area contributed by atoms with Crippen LogP contribution >= 0.6 is 0 Å². The fourth-order valence-corrected chi connectivity index (χ4v) is 0.408. The van der Waals surface area contributed by atoms with Crippen molar-refractivity contribution >= 4 is 12.1 Å². The highest BCUT2D eigenvalue weighted by Gasteiger charge is 1.98. The van der Waals surface area contributed by atoms with Gasteiger partial charge in [0, 0.05) is 18.1 Å². The highest BCUT2D eigenvalue weighted by atomic mass is 15.0. The summed E-state index contributed by atoms with van der Waals surface area (Å²) in [5, 5.41) is 16.3. The predicted octanol–water partition coefficient (Wildman–Crippen LogP) is -0.525. The Labute approximate surface area is 64.8 Å². The lowest BCUT2D eigenvalue weighted by molar-refractivity contribution is 1.07. The van der Waals surface area contributed by atoms with Crippen LogP contribution in [0.25, 0.3) is 0 Å². The number of allylic oxidation sites excluding steroid dienone is 1. The van der Waals surface area contributed by atoms with E-state index in [0.29, 0.717) is 5.70 Å². The first-order valence-corrected chi connectivity index (χ1v) is 2.84. The summed E-state index contributed by atoms with van der Waals surface area (Å²) in [5.41, 5.74) is 10.8. The molecule has 0 rings (SSSR count). The topological polar surface area (TPSA) is 112 Å². The molecule has 0 amide bonds. The third kappa shape index (κ3) is 3.04. The first kappa shape index (κ1) is 9.22. The Kier molecular flexibility index (Phi) is 3.44. The summed E-state index contributed by atoms with van der Waals surface area (Å²) in [7, 11) is 0. The number of amidine groups is 1. The maximum atomic E-state index is 6.97. The summed E-state index contributed by atoms with van der Waals surface area (Å²) in [6.07, 6.45) is 2.16. The maximum Gasteiger partial charge on any atom is 0.141 e. The van der Waals surface area contributed by atoms with Crippen LogP contribution in [0.2, 0.25) is 0 Å². The summed E-state index contributed by atoms with van der Waals surface area (Å²) in [5.74, 6) is -0.185. The molecule has 0 heterocycles. The van der Waals surface area contributed by atoms with Crippen molar-refractivity contribution in [3.8, 4) is 0 Å². The van der Waals surface area contributed by atoms with Crippen LogP contribution in [-0.2, 0) is 0 Å². The Morgan fingerprint density at radius 3 is 2.36 bits per heavy atom. The second kappa shape index (κ2) is 4.10. The minimum Gasteiger partial charge on any atom is -0.403 e. The largest absolute Gasteiger partial charge is 0.403 e. The van der Waals surface area contributed by atoms with Gasteiger partial charge in [0.25, 0.3) is 0 Å². The van der Waals surface area contributed by atoms with E-state index in [1.54, 1.807) is 0 Å². The molecular weight excluding hydrogens is 142 g/mol. The first-order chi connectivity index (χ1) is 5.11. The lowest BCUT2D eigenvalue weighted by atomic mass is 10.4. The minimum atomic E-state index is -0.185. The van der Waals surface area contributed by atoms with Crippen LogP contribution in [0.3, 0.4) is 0 Å². The molecule has 0 aromatic heterocycles. The smallest absolute Gasteiger partial charge is 0.141 e. The monoisotopic (exact) mass is 153 g/mol. The summed E-state index contributed by atoms with van der Waals surface area (Å²) >= 11 is 0. The van der Waals surface area contributed by atoms with Gasteiger partial charge < -0.3 is 22.2 Å². The molecule has 5 heteroatoms. The van der Waals surface area contributed by atoms with Crippen molar-refractivity contribution < 1.29 is 0 Å². The van der Waals surface area contributed by atoms with E-state index < -0.39 is 0 Å². The van der Waals surface area contributed by atoms with Crippen LogP contribution in [-0.4, -0.2) is 12.1 Å². The molecule has 0 atom stereocenters. The van der Waals surface area contributed by atoms with Crippen molar-refractivity contribution in [1.29, 1.82) is 10.8 Å². The van der Waals surface area contributed by atoms with E-state index in [-0.39, 0.29) is 11.5 Å². The van der Waals surface area contributed by atoms with Crippen LogP contribution < -0.4 is 16.8 Å². The Morgan fingerprint density at radius 2 is 2.09 bits per heavy atom. The van der Waals surface area contributed by atoms with E-state index in [9.17, 15) is 0 Å². The van der Waals surface area contributed by atoms with Gasteiger partial charge in [0.15, 0.2) is 0 Å². The molecule has 0 bridgehead atoms. The lowest BCUT2D eigenvalue weighted by Crippen LogP contribution is -2.26. The maximum absolute atomic E-state index is 6.97. The van der Waals surface area contributed by atoms with Crippen LogP contribution in [0.4, 0.5) is 0 Å². The zero-order chi connectivity index (χ0) is 8.85. The fraction of sp³-hybridized carbons (Fsp3) is 0. The van der Waals surface area contributed by atoms with E-state index in [1.165, 1.54) is 0 Å². The van der Waals surface area contributed by atoms with Gasteiger partial charge in [-0.2, -0.15) is 0 Å². The molecule has 0 aromatic rings. The third-order valence-corrected chi connectivity index (χ3v) is 0.926. The van der Waals surface area contributed by atoms with Gasteiger partial charge >= 0.3 is 0 Å². The zero-order valence-corrected chi connectivity index (χ0v) is 6.02. The van der Waals surface area contributed by atoms with Crippen molar-refractivity contribution in [2.45, 2.75) is 0 Å². The fourth-order valence-electron chi connectivity index (χ4n) is 0.408. The molecule has 0 spiro atoms. The minimum absolute atomic E-state index is 0.185. The quantitative estimate of drug-likeness (QED) is 0.276. The molecular formula is C6H11N5. The molecule has 0 aliphatic rings. The molecule has 7 N–H and O–H groups in total. The molecule has 60 valence electrons. The normalized spacial score (nSPS) is 10.4. The zero-order valence-electron chi connectivity index (χ0n) is 6.02. The molecule has 0 aromatic carbocycles. The highest BCUT2D eigenvalue weighted by Crippen LogP contribution is 1.87. The highest BCUT2D eigenvalue weighted by molar-refractivity contribution is 5.95. The van der Waals surface area contributed by atoms with Gasteiger partial charge in [-0.25, -0.2) is 0 Å². The SMILES string of the molecule is C=C(C=N)N/C(=C\N)C(=N)N. The van der Waals surface area contributed by atoms with Crippen molar-refractivity contribution in [3.05, 3.63) is 24.2 Å². The molecule has 11 heavy (non-hydrogen) atoms. The van der Waals surface area contributed by atoms with E-state index in [4.69, 9.17) is 22.3 Å². The van der Waals surface area contributed by atoms with Crippen molar-refractivity contribution in [2.24, 2.45) is 11.5 Å². The molecule has 5 nitrogen and oxygen atoms in total. The van der Waals surface area contributed by atoms with Gasteiger partial charge in [0.1, 0.15) is 5.84 Å². The van der Waals surface area contributed by atoms with Crippen molar-refractivity contribution in [3.63, 3.8) is 0 Å². The Bertz CT molecular complexity index is 215. The first-order valence-electron chi connectivity index (χ1n) is 2.84. The van der Waals surface area contributed by atoms with E-state index in [1.807, 2.05) is 0 Å². The van der Waals surface area contributed by atoms with Crippen molar-refractivity contribution in [1.82, 2.24) is 5.32 Å². The lowest BCUT2D eigenvalue weighted by Gasteiger charge is -2.06. The second-order valence-electron chi connectivity index (χ2n) is 1.79. The second-order valence-corrected chi connectivity index (χ2v) is 1.79. The number of nitrogens with two attached hydrogens (primary N) is 2. The Morgan fingerprint density at radius 1 is 1.55 bits per heavy atom. The summed E-state index contributed by atoms with van der Waals surface area (Å²) < 4.78 is 0. The molecule has 0 unspecified atom stereocenters. The van der Waals surface area contributed by atoms with E-state index in [0.717, 1.165) is 12.4 Å². The van der Waals surface area contributed by atoms with Crippen LogP contribution in [0.1, 0.15) is 0 Å². The van der Waals surface area contributed by atoms with Crippen molar-refractivity contribution in [2.75, 3.05) is 0 Å². The number of rotatable bonds is 4. The van der Waals surface area contributed by atoms with Gasteiger partial charge in [0.2, 0.25) is 0 Å². The molecule has 0 saturated heterocycles. The Balaban J connectivity index is 4.22. The summed E-state index contributed by atoms with van der Waals surface area (Å²) in [6.45, 7) is 3.44. The standard InChI is InChI=1S/C6H11N5/c1-4(2-7)11-5(3-8)6(9)10/h2-3,7,11H,1,8H2,(H3,9,10)/b5-3-,7-2?. The summed E-state index contributed by atoms with van der Waals surface area (Å²) in [6, 6.07) is 0. The molecule has 0 aliphatic carbocycles. The number of nitrogens with one attached hydrogen (secondary N) is 3. The Hall–Kier alpha value is -1.78. The van der Waals surface area contributed by atoms with E-state index >= 15 is 0 Å². The predicted molar refractivity (Wildman–Crippen MR) is 45.2 cm³/mol. The molecule has 0 saturated carbocycles. The van der Waals surface area contributed by atoms with Gasteiger partial charge in [-0.15, -0.1) is 0 Å². The van der Waals surface area contributed by atoms with Gasteiger partial charge in [-0.3, -0.25) is 5.41 Å². The van der Waals surface area contributed by atoms with Gasteiger partial charge in [0.05, 0.1) is 5.70 Å². The molecule has 0 aliphatic heterocycles. The van der Waals surface area contributed by atoms with Gasteiger partial charge in [-0.1, -0.05) is 6.58 Å².